The second kappa shape index (κ2) is 5.98. The molecule has 0 fully saturated rings. The molecule has 4 aromatic heterocycles. The third-order valence-electron chi connectivity index (χ3n) is 4.61. The quantitative estimate of drug-likeness (QED) is 0.497. The summed E-state index contributed by atoms with van der Waals surface area (Å²) in [5, 5.41) is 18.4. The van der Waals surface area contributed by atoms with Crippen LogP contribution in [0.2, 0.25) is 0 Å². The lowest BCUT2D eigenvalue weighted by Crippen LogP contribution is -2.01. The molecular weight excluding hydrogens is 338 g/mol. The van der Waals surface area contributed by atoms with Crippen molar-refractivity contribution in [1.29, 1.82) is 0 Å². The lowest BCUT2D eigenvalue weighted by Gasteiger charge is -2.05. The van der Waals surface area contributed by atoms with Crippen molar-refractivity contribution in [2.24, 2.45) is 7.05 Å². The van der Waals surface area contributed by atoms with Gasteiger partial charge in [-0.1, -0.05) is 6.07 Å². The summed E-state index contributed by atoms with van der Waals surface area (Å²) in [5.41, 5.74) is 5.92. The van der Waals surface area contributed by atoms with Crippen LogP contribution in [0.5, 0.6) is 0 Å². The number of hydrogen-bond acceptors (Lipinski definition) is 5. The van der Waals surface area contributed by atoms with Crippen molar-refractivity contribution in [2.75, 3.05) is 0 Å². The number of benzene rings is 1. The van der Waals surface area contributed by atoms with Gasteiger partial charge in [0.1, 0.15) is 0 Å². The molecule has 0 spiro atoms. The molecule has 7 heteroatoms. The summed E-state index contributed by atoms with van der Waals surface area (Å²) in [4.78, 5) is 4.58. The largest absolute Gasteiger partial charge is 0.275 e. The smallest absolute Gasteiger partial charge is 0.177 e. The number of aryl methyl sites for hydroxylation is 2. The minimum Gasteiger partial charge on any atom is -0.275 e. The van der Waals surface area contributed by atoms with Gasteiger partial charge >= 0.3 is 0 Å². The fourth-order valence-electron chi connectivity index (χ4n) is 3.24. The predicted octanol–water partition coefficient (Wildman–Crippen LogP) is 2.97. The van der Waals surface area contributed by atoms with Gasteiger partial charge in [-0.3, -0.25) is 9.67 Å². The molecule has 0 saturated carbocycles. The molecule has 0 aliphatic heterocycles. The Balaban J connectivity index is 1.54. The van der Waals surface area contributed by atoms with Crippen molar-refractivity contribution >= 4 is 16.6 Å². The lowest BCUT2D eigenvalue weighted by molar-refractivity contribution is 0.768. The molecule has 0 bridgehead atoms. The zero-order valence-corrected chi connectivity index (χ0v) is 15.0. The summed E-state index contributed by atoms with van der Waals surface area (Å²) in [7, 11) is 1.91. The van der Waals surface area contributed by atoms with Gasteiger partial charge in [0.25, 0.3) is 0 Å². The standard InChI is InChI=1S/C20H17N7/c1-13-3-6-19-23-24-20(27(19)25-13)8-14-4-5-18-15(7-14)9-16(10-21-18)17-11-22-26(2)12-17/h3-7,9-12H,8H2,1-2H3. The van der Waals surface area contributed by atoms with Crippen molar-refractivity contribution in [3.05, 3.63) is 72.1 Å². The van der Waals surface area contributed by atoms with Crippen LogP contribution >= 0.6 is 0 Å². The first-order chi connectivity index (χ1) is 13.2. The van der Waals surface area contributed by atoms with Gasteiger partial charge in [-0.15, -0.1) is 10.2 Å². The third-order valence-corrected chi connectivity index (χ3v) is 4.61. The van der Waals surface area contributed by atoms with Crippen molar-refractivity contribution < 1.29 is 0 Å². The maximum Gasteiger partial charge on any atom is 0.177 e. The van der Waals surface area contributed by atoms with Crippen LogP contribution in [0.25, 0.3) is 27.7 Å². The van der Waals surface area contributed by atoms with E-state index in [1.807, 2.05) is 55.3 Å². The molecule has 0 aliphatic rings. The van der Waals surface area contributed by atoms with E-state index < -0.39 is 0 Å². The van der Waals surface area contributed by atoms with Gasteiger partial charge in [-0.25, -0.2) is 0 Å². The summed E-state index contributed by atoms with van der Waals surface area (Å²) >= 11 is 0. The van der Waals surface area contributed by atoms with Gasteiger partial charge in [0, 0.05) is 42.4 Å². The number of fused-ring (bicyclic) bond motifs is 2. The van der Waals surface area contributed by atoms with Gasteiger partial charge in [0.2, 0.25) is 0 Å². The van der Waals surface area contributed by atoms with Crippen LogP contribution in [0, 0.1) is 6.92 Å². The fourth-order valence-corrected chi connectivity index (χ4v) is 3.24. The molecule has 4 heterocycles. The molecule has 0 saturated heterocycles. The zero-order chi connectivity index (χ0) is 18.4. The first kappa shape index (κ1) is 15.6. The average molecular weight is 355 g/mol. The molecule has 0 atom stereocenters. The van der Waals surface area contributed by atoms with Crippen molar-refractivity contribution in [3.8, 4) is 11.1 Å². The molecule has 0 radical (unpaired) electrons. The summed E-state index contributed by atoms with van der Waals surface area (Å²) in [6.07, 6.45) is 6.38. The number of aromatic nitrogens is 7. The summed E-state index contributed by atoms with van der Waals surface area (Å²) in [5.74, 6) is 0.824. The van der Waals surface area contributed by atoms with E-state index in [4.69, 9.17) is 0 Å². The molecule has 0 aliphatic carbocycles. The van der Waals surface area contributed by atoms with Crippen molar-refractivity contribution in [3.63, 3.8) is 0 Å². The Kier molecular flexibility index (Phi) is 3.46. The fraction of sp³-hybridized carbons (Fsp3) is 0.150. The first-order valence-electron chi connectivity index (χ1n) is 8.71. The van der Waals surface area contributed by atoms with E-state index in [-0.39, 0.29) is 0 Å². The normalized spacial score (nSPS) is 11.5. The average Bonchev–Trinajstić information content (AvgIpc) is 3.27. The molecule has 7 nitrogen and oxygen atoms in total. The van der Waals surface area contributed by atoms with E-state index in [0.29, 0.717) is 6.42 Å². The van der Waals surface area contributed by atoms with E-state index >= 15 is 0 Å². The van der Waals surface area contributed by atoms with E-state index in [2.05, 4.69) is 43.6 Å². The molecule has 132 valence electrons. The minimum absolute atomic E-state index is 0.657. The Bertz CT molecular complexity index is 1280. The molecule has 0 unspecified atom stereocenters. The summed E-state index contributed by atoms with van der Waals surface area (Å²) < 4.78 is 3.60. The maximum absolute atomic E-state index is 4.58. The van der Waals surface area contributed by atoms with Gasteiger partial charge in [-0.2, -0.15) is 14.7 Å². The van der Waals surface area contributed by atoms with E-state index in [1.165, 1.54) is 0 Å². The zero-order valence-electron chi connectivity index (χ0n) is 15.0. The maximum atomic E-state index is 4.58. The van der Waals surface area contributed by atoms with E-state index in [9.17, 15) is 0 Å². The highest BCUT2D eigenvalue weighted by Crippen LogP contribution is 2.23. The molecular formula is C20H17N7. The minimum atomic E-state index is 0.657. The molecule has 0 N–H and O–H groups in total. The van der Waals surface area contributed by atoms with Crippen LogP contribution in [0.3, 0.4) is 0 Å². The Morgan fingerprint density at radius 1 is 0.963 bits per heavy atom. The van der Waals surface area contributed by atoms with Crippen LogP contribution in [0.4, 0.5) is 0 Å². The monoisotopic (exact) mass is 355 g/mol. The Morgan fingerprint density at radius 3 is 2.74 bits per heavy atom. The highest BCUT2D eigenvalue weighted by molar-refractivity contribution is 5.84. The van der Waals surface area contributed by atoms with Gasteiger partial charge < -0.3 is 0 Å². The third kappa shape index (κ3) is 2.83. The van der Waals surface area contributed by atoms with Crippen LogP contribution in [0.1, 0.15) is 17.1 Å². The second-order valence-electron chi connectivity index (χ2n) is 6.69. The topological polar surface area (TPSA) is 73.8 Å². The van der Waals surface area contributed by atoms with Crippen molar-refractivity contribution in [1.82, 2.24) is 34.6 Å². The predicted molar refractivity (Wildman–Crippen MR) is 102 cm³/mol. The summed E-state index contributed by atoms with van der Waals surface area (Å²) in [6, 6.07) is 12.3. The van der Waals surface area contributed by atoms with Crippen molar-refractivity contribution in [2.45, 2.75) is 13.3 Å². The van der Waals surface area contributed by atoms with Crippen LogP contribution < -0.4 is 0 Å². The second-order valence-corrected chi connectivity index (χ2v) is 6.69. The first-order valence-corrected chi connectivity index (χ1v) is 8.71. The molecule has 27 heavy (non-hydrogen) atoms. The lowest BCUT2D eigenvalue weighted by atomic mass is 10.0. The van der Waals surface area contributed by atoms with Gasteiger partial charge in [-0.05, 0) is 42.8 Å². The Morgan fingerprint density at radius 2 is 1.89 bits per heavy atom. The Labute approximate surface area is 155 Å². The van der Waals surface area contributed by atoms with Crippen LogP contribution in [-0.2, 0) is 13.5 Å². The van der Waals surface area contributed by atoms with Crippen LogP contribution in [-0.4, -0.2) is 34.6 Å². The van der Waals surface area contributed by atoms with Gasteiger partial charge in [0.15, 0.2) is 11.5 Å². The number of pyridine rings is 1. The van der Waals surface area contributed by atoms with Gasteiger partial charge in [0.05, 0.1) is 17.4 Å². The summed E-state index contributed by atoms with van der Waals surface area (Å²) in [6.45, 7) is 1.96. The Hall–Kier alpha value is -3.61. The highest BCUT2D eigenvalue weighted by Gasteiger charge is 2.09. The number of hydrogen-bond donors (Lipinski definition) is 0. The molecule has 5 aromatic rings. The molecule has 5 rings (SSSR count). The highest BCUT2D eigenvalue weighted by atomic mass is 15.4. The molecule has 0 amide bonds. The number of nitrogens with zero attached hydrogens (tertiary/aromatic N) is 7. The van der Waals surface area contributed by atoms with E-state index in [0.717, 1.165) is 44.8 Å². The van der Waals surface area contributed by atoms with Crippen LogP contribution in [0.15, 0.2) is 55.0 Å². The molecule has 1 aromatic carbocycles. The number of rotatable bonds is 3. The SMILES string of the molecule is Cc1ccc2nnc(Cc3ccc4ncc(-c5cnn(C)c5)cc4c3)n2n1. The van der Waals surface area contributed by atoms with E-state index in [1.54, 1.807) is 4.68 Å².